The molecule has 1 atom stereocenters. The Morgan fingerprint density at radius 2 is 2.00 bits per heavy atom. The van der Waals surface area contributed by atoms with Crippen molar-refractivity contribution in [3.63, 3.8) is 0 Å². The van der Waals surface area contributed by atoms with Crippen LogP contribution in [-0.4, -0.2) is 53.1 Å². The van der Waals surface area contributed by atoms with E-state index in [2.05, 4.69) is 10.0 Å². The molecular formula is C13H21ClFN3O4S2. The maximum atomic E-state index is 14.1. The number of nitrogens with zero attached hydrogens (tertiary/aromatic N) is 1. The predicted molar refractivity (Wildman–Crippen MR) is 93.0 cm³/mol. The van der Waals surface area contributed by atoms with Crippen molar-refractivity contribution in [2.75, 3.05) is 30.6 Å². The van der Waals surface area contributed by atoms with Crippen LogP contribution in [0.2, 0.25) is 0 Å². The number of sulfonamides is 2. The van der Waals surface area contributed by atoms with Crippen LogP contribution in [0.25, 0.3) is 0 Å². The van der Waals surface area contributed by atoms with Gasteiger partial charge in [-0.3, -0.25) is 4.72 Å². The van der Waals surface area contributed by atoms with Gasteiger partial charge in [0.25, 0.3) is 0 Å². The highest BCUT2D eigenvalue weighted by molar-refractivity contribution is 7.92. The molecule has 2 rings (SSSR count). The van der Waals surface area contributed by atoms with E-state index in [0.29, 0.717) is 13.0 Å². The second-order valence-corrected chi connectivity index (χ2v) is 9.32. The number of benzene rings is 1. The van der Waals surface area contributed by atoms with Gasteiger partial charge in [0.05, 0.1) is 16.3 Å². The lowest BCUT2D eigenvalue weighted by Gasteiger charge is -2.23. The van der Waals surface area contributed by atoms with Gasteiger partial charge in [0.1, 0.15) is 5.82 Å². The Bertz CT molecular complexity index is 780. The molecule has 0 radical (unpaired) electrons. The Morgan fingerprint density at radius 1 is 1.33 bits per heavy atom. The summed E-state index contributed by atoms with van der Waals surface area (Å²) >= 11 is 0. The third kappa shape index (κ3) is 4.57. The van der Waals surface area contributed by atoms with Crippen molar-refractivity contribution in [3.05, 3.63) is 24.0 Å². The molecule has 1 saturated heterocycles. The van der Waals surface area contributed by atoms with Crippen LogP contribution in [0.1, 0.15) is 13.3 Å². The predicted octanol–water partition coefficient (Wildman–Crippen LogP) is 0.992. The average molecular weight is 402 g/mol. The first-order valence-electron chi connectivity index (χ1n) is 7.16. The highest BCUT2D eigenvalue weighted by atomic mass is 35.5. The summed E-state index contributed by atoms with van der Waals surface area (Å²) in [7, 11) is -6.01. The highest BCUT2D eigenvalue weighted by Crippen LogP contribution is 2.24. The first-order valence-corrected chi connectivity index (χ1v) is 10.3. The van der Waals surface area contributed by atoms with Gasteiger partial charge in [-0.15, -0.1) is 12.4 Å². The summed E-state index contributed by atoms with van der Waals surface area (Å²) in [6, 6.07) is 2.98. The zero-order valence-electron chi connectivity index (χ0n) is 13.3. The summed E-state index contributed by atoms with van der Waals surface area (Å²) in [6.45, 7) is 2.70. The van der Waals surface area contributed by atoms with E-state index in [1.54, 1.807) is 0 Å². The minimum Gasteiger partial charge on any atom is -0.315 e. The fourth-order valence-electron chi connectivity index (χ4n) is 2.29. The van der Waals surface area contributed by atoms with Crippen molar-refractivity contribution in [1.82, 2.24) is 9.62 Å². The van der Waals surface area contributed by atoms with Gasteiger partial charge < -0.3 is 5.32 Å². The molecule has 11 heteroatoms. The van der Waals surface area contributed by atoms with E-state index in [0.717, 1.165) is 18.7 Å². The van der Waals surface area contributed by atoms with E-state index in [-0.39, 0.29) is 34.8 Å². The Morgan fingerprint density at radius 3 is 2.50 bits per heavy atom. The molecule has 1 aliphatic rings. The molecule has 24 heavy (non-hydrogen) atoms. The Balaban J connectivity index is 0.00000288. The molecule has 1 aliphatic heterocycles. The lowest BCUT2D eigenvalue weighted by molar-refractivity contribution is 0.387. The average Bonchev–Trinajstić information content (AvgIpc) is 3.02. The first kappa shape index (κ1) is 21.1. The number of halogens is 2. The van der Waals surface area contributed by atoms with Crippen molar-refractivity contribution in [1.29, 1.82) is 0 Å². The summed E-state index contributed by atoms with van der Waals surface area (Å²) in [5.74, 6) is -1.13. The van der Waals surface area contributed by atoms with Gasteiger partial charge >= 0.3 is 0 Å². The van der Waals surface area contributed by atoms with E-state index >= 15 is 0 Å². The molecule has 0 bridgehead atoms. The standard InChI is InChI=1S/C13H20FN3O4S2.ClH/c1-3-22(18,19)16-13-5-4-11(8-12(13)14)23(20,21)17(2)10-6-7-15-9-10;/h4-5,8,10,15-16H,3,6-7,9H2,1-2H3;1H. The van der Waals surface area contributed by atoms with Crippen LogP contribution in [0.15, 0.2) is 23.1 Å². The molecule has 7 nitrogen and oxygen atoms in total. The lowest BCUT2D eigenvalue weighted by Crippen LogP contribution is -2.38. The zero-order valence-corrected chi connectivity index (χ0v) is 15.8. The third-order valence-corrected chi connectivity index (χ3v) is 7.01. The number of nitrogens with one attached hydrogen (secondary N) is 2. The number of rotatable bonds is 6. The molecule has 1 aromatic carbocycles. The molecule has 0 saturated carbocycles. The molecule has 1 heterocycles. The number of likely N-dealkylation sites (N-methyl/N-ethyl adjacent to an activating group) is 1. The maximum absolute atomic E-state index is 14.1. The number of hydrogen-bond donors (Lipinski definition) is 2. The van der Waals surface area contributed by atoms with E-state index in [1.165, 1.54) is 24.3 Å². The smallest absolute Gasteiger partial charge is 0.243 e. The second-order valence-electron chi connectivity index (χ2n) is 5.32. The van der Waals surface area contributed by atoms with Crippen LogP contribution in [0.4, 0.5) is 10.1 Å². The summed E-state index contributed by atoms with van der Waals surface area (Å²) < 4.78 is 65.3. The Labute approximate surface area is 148 Å². The zero-order chi connectivity index (χ0) is 17.3. The van der Waals surface area contributed by atoms with Crippen LogP contribution in [0.5, 0.6) is 0 Å². The monoisotopic (exact) mass is 401 g/mol. The molecule has 1 fully saturated rings. The van der Waals surface area contributed by atoms with E-state index in [1.807, 2.05) is 0 Å². The van der Waals surface area contributed by atoms with E-state index in [4.69, 9.17) is 0 Å². The van der Waals surface area contributed by atoms with Crippen LogP contribution in [0.3, 0.4) is 0 Å². The van der Waals surface area contributed by atoms with Gasteiger partial charge in [-0.1, -0.05) is 0 Å². The van der Waals surface area contributed by atoms with Gasteiger partial charge in [-0.05, 0) is 38.1 Å². The largest absolute Gasteiger partial charge is 0.315 e. The molecule has 2 N–H and O–H groups in total. The number of hydrogen-bond acceptors (Lipinski definition) is 5. The SMILES string of the molecule is CCS(=O)(=O)Nc1ccc(S(=O)(=O)N(C)C2CCNC2)cc1F.Cl. The summed E-state index contributed by atoms with van der Waals surface area (Å²) in [6.07, 6.45) is 0.687. The molecule has 0 aliphatic carbocycles. The first-order chi connectivity index (χ1) is 10.7. The normalized spacial score (nSPS) is 18.4. The molecule has 0 amide bonds. The van der Waals surface area contributed by atoms with Crippen LogP contribution < -0.4 is 10.0 Å². The Hall–Kier alpha value is -0.940. The molecular weight excluding hydrogens is 381 g/mol. The fraction of sp³-hybridized carbons (Fsp3) is 0.538. The highest BCUT2D eigenvalue weighted by Gasteiger charge is 2.30. The fourth-order valence-corrected chi connectivity index (χ4v) is 4.33. The van der Waals surface area contributed by atoms with Gasteiger partial charge in [-0.25, -0.2) is 21.2 Å². The summed E-state index contributed by atoms with van der Waals surface area (Å²) in [5.41, 5.74) is -0.268. The summed E-state index contributed by atoms with van der Waals surface area (Å²) in [5, 5.41) is 3.07. The third-order valence-electron chi connectivity index (χ3n) is 3.81. The molecule has 138 valence electrons. The van der Waals surface area contributed by atoms with Crippen molar-refractivity contribution < 1.29 is 21.2 Å². The summed E-state index contributed by atoms with van der Waals surface area (Å²) in [4.78, 5) is -0.205. The van der Waals surface area contributed by atoms with E-state index in [9.17, 15) is 21.2 Å². The van der Waals surface area contributed by atoms with Crippen molar-refractivity contribution >= 4 is 38.1 Å². The van der Waals surface area contributed by atoms with Gasteiger partial charge in [0.2, 0.25) is 20.0 Å². The van der Waals surface area contributed by atoms with Crippen LogP contribution in [-0.2, 0) is 20.0 Å². The maximum Gasteiger partial charge on any atom is 0.243 e. The molecule has 0 spiro atoms. The molecule has 1 unspecified atom stereocenters. The second kappa shape index (κ2) is 7.96. The minimum atomic E-state index is -3.83. The topological polar surface area (TPSA) is 95.6 Å². The van der Waals surface area contributed by atoms with Crippen molar-refractivity contribution in [3.8, 4) is 0 Å². The number of anilines is 1. The van der Waals surface area contributed by atoms with Crippen molar-refractivity contribution in [2.24, 2.45) is 0 Å². The van der Waals surface area contributed by atoms with Gasteiger partial charge in [-0.2, -0.15) is 4.31 Å². The molecule has 1 aromatic rings. The molecule has 0 aromatic heterocycles. The van der Waals surface area contributed by atoms with Crippen LogP contribution in [0, 0.1) is 5.82 Å². The quantitative estimate of drug-likeness (QED) is 0.741. The van der Waals surface area contributed by atoms with Gasteiger partial charge in [0.15, 0.2) is 0 Å². The lowest BCUT2D eigenvalue weighted by atomic mass is 10.3. The van der Waals surface area contributed by atoms with Crippen LogP contribution >= 0.6 is 12.4 Å². The Kier molecular flexibility index (Phi) is 7.00. The van der Waals surface area contributed by atoms with Crippen molar-refractivity contribution in [2.45, 2.75) is 24.3 Å². The van der Waals surface area contributed by atoms with E-state index < -0.39 is 25.9 Å². The minimum absolute atomic E-state index is 0. The van der Waals surface area contributed by atoms with Gasteiger partial charge in [0, 0.05) is 19.6 Å².